The largest absolute Gasteiger partial charge is 0.435 e. The summed E-state index contributed by atoms with van der Waals surface area (Å²) in [6.45, 7) is -0.280. The van der Waals surface area contributed by atoms with Crippen LogP contribution in [0.2, 0.25) is 10.0 Å². The van der Waals surface area contributed by atoms with Crippen LogP contribution >= 0.6 is 23.2 Å². The summed E-state index contributed by atoms with van der Waals surface area (Å²) in [7, 11) is 0. The van der Waals surface area contributed by atoms with Gasteiger partial charge in [0.05, 0.1) is 27.7 Å². The Kier molecular flexibility index (Phi) is 5.98. The summed E-state index contributed by atoms with van der Waals surface area (Å²) in [5.74, 6) is -0.667. The molecule has 0 saturated heterocycles. The minimum Gasteiger partial charge on any atom is -0.392 e. The molecule has 4 nitrogen and oxygen atoms in total. The number of halogens is 8. The van der Waals surface area contributed by atoms with Crippen molar-refractivity contribution in [2.24, 2.45) is 0 Å². The number of rotatable bonds is 3. The van der Waals surface area contributed by atoms with E-state index in [0.29, 0.717) is 17.7 Å². The minimum absolute atomic E-state index is 0.280. The zero-order valence-electron chi connectivity index (χ0n) is 15.2. The highest BCUT2D eigenvalue weighted by molar-refractivity contribution is 6.39. The molecule has 31 heavy (non-hydrogen) atoms. The van der Waals surface area contributed by atoms with Crippen LogP contribution < -0.4 is 11.3 Å². The molecule has 164 valence electrons. The van der Waals surface area contributed by atoms with Crippen molar-refractivity contribution in [1.29, 1.82) is 0 Å². The Labute approximate surface area is 180 Å². The van der Waals surface area contributed by atoms with E-state index in [-0.39, 0.29) is 6.54 Å². The number of aromatic nitrogens is 2. The van der Waals surface area contributed by atoms with E-state index >= 15 is 0 Å². The Bertz CT molecular complexity index is 1170. The van der Waals surface area contributed by atoms with E-state index < -0.39 is 56.3 Å². The lowest BCUT2D eigenvalue weighted by Gasteiger charge is -2.19. The highest BCUT2D eigenvalue weighted by Crippen LogP contribution is 2.41. The van der Waals surface area contributed by atoms with Crippen molar-refractivity contribution in [2.75, 3.05) is 5.73 Å². The molecule has 0 fully saturated rings. The molecule has 1 aromatic heterocycles. The van der Waals surface area contributed by atoms with Crippen molar-refractivity contribution in [3.63, 3.8) is 0 Å². The summed E-state index contributed by atoms with van der Waals surface area (Å²) in [5, 5.41) is -1.27. The standard InChI is InChI=1S/C19H11Cl2F6N3O/c20-11-6-10(18(22,23)24)7-12(21)13(11)16-29-15(19(25,26)27)14(28)17(31)30(16)8-9-4-2-1-3-5-9/h1-7H,8,28H2. The van der Waals surface area contributed by atoms with Gasteiger partial charge < -0.3 is 5.73 Å². The second-order valence-corrected chi connectivity index (χ2v) is 7.20. The molecule has 0 radical (unpaired) electrons. The fourth-order valence-corrected chi connectivity index (χ4v) is 3.50. The van der Waals surface area contributed by atoms with Crippen molar-refractivity contribution in [3.05, 3.63) is 79.7 Å². The summed E-state index contributed by atoms with van der Waals surface area (Å²) in [6.07, 6.45) is -9.91. The van der Waals surface area contributed by atoms with Gasteiger partial charge in [0, 0.05) is 0 Å². The SMILES string of the molecule is Nc1c(C(F)(F)F)nc(-c2c(Cl)cc(C(F)(F)F)cc2Cl)n(Cc2ccccc2)c1=O. The van der Waals surface area contributed by atoms with E-state index in [2.05, 4.69) is 4.98 Å². The number of hydrogen-bond donors (Lipinski definition) is 1. The molecule has 0 bridgehead atoms. The Balaban J connectivity index is 2.35. The van der Waals surface area contributed by atoms with Gasteiger partial charge in [-0.25, -0.2) is 4.98 Å². The number of hydrogen-bond acceptors (Lipinski definition) is 3. The normalized spacial score (nSPS) is 12.3. The first-order valence-electron chi connectivity index (χ1n) is 8.38. The average Bonchev–Trinajstić information content (AvgIpc) is 2.65. The van der Waals surface area contributed by atoms with Crippen molar-refractivity contribution in [3.8, 4) is 11.4 Å². The van der Waals surface area contributed by atoms with E-state index in [0.717, 1.165) is 4.57 Å². The molecule has 3 aromatic rings. The molecule has 2 N–H and O–H groups in total. The molecule has 1 heterocycles. The first-order chi connectivity index (χ1) is 14.3. The summed E-state index contributed by atoms with van der Waals surface area (Å²) in [4.78, 5) is 16.2. The lowest BCUT2D eigenvalue weighted by Crippen LogP contribution is -2.30. The van der Waals surface area contributed by atoms with Crippen LogP contribution in [0, 0.1) is 0 Å². The van der Waals surface area contributed by atoms with Gasteiger partial charge in [0.25, 0.3) is 5.56 Å². The van der Waals surface area contributed by atoms with E-state index in [9.17, 15) is 31.1 Å². The number of alkyl halides is 6. The number of anilines is 1. The van der Waals surface area contributed by atoms with Crippen LogP contribution in [0.25, 0.3) is 11.4 Å². The van der Waals surface area contributed by atoms with Gasteiger partial charge in [-0.1, -0.05) is 53.5 Å². The average molecular weight is 482 g/mol. The second kappa shape index (κ2) is 8.08. The minimum atomic E-state index is -5.10. The Hall–Kier alpha value is -2.72. The van der Waals surface area contributed by atoms with Gasteiger partial charge in [-0.3, -0.25) is 9.36 Å². The molecule has 2 aromatic carbocycles. The van der Waals surface area contributed by atoms with Crippen LogP contribution in [0.1, 0.15) is 16.8 Å². The van der Waals surface area contributed by atoms with E-state index in [1.165, 1.54) is 0 Å². The van der Waals surface area contributed by atoms with Crippen LogP contribution in [0.5, 0.6) is 0 Å². The number of nitrogens with zero attached hydrogens (tertiary/aromatic N) is 2. The third-order valence-electron chi connectivity index (χ3n) is 4.25. The van der Waals surface area contributed by atoms with Crippen LogP contribution in [0.4, 0.5) is 32.0 Å². The van der Waals surface area contributed by atoms with Crippen LogP contribution in [0.3, 0.4) is 0 Å². The first kappa shape index (κ1) is 23.0. The molecular formula is C19H11Cl2F6N3O. The van der Waals surface area contributed by atoms with Crippen molar-refractivity contribution in [2.45, 2.75) is 18.9 Å². The molecule has 0 unspecified atom stereocenters. The lowest BCUT2D eigenvalue weighted by molar-refractivity contribution is -0.140. The van der Waals surface area contributed by atoms with Crippen LogP contribution in [0.15, 0.2) is 47.3 Å². The highest BCUT2D eigenvalue weighted by Gasteiger charge is 2.38. The topological polar surface area (TPSA) is 60.9 Å². The molecule has 0 saturated carbocycles. The summed E-state index contributed by atoms with van der Waals surface area (Å²) >= 11 is 11.9. The van der Waals surface area contributed by atoms with E-state index in [1.807, 2.05) is 0 Å². The van der Waals surface area contributed by atoms with Gasteiger partial charge in [-0.05, 0) is 17.7 Å². The molecular weight excluding hydrogens is 471 g/mol. The first-order valence-corrected chi connectivity index (χ1v) is 9.14. The third kappa shape index (κ3) is 4.64. The smallest absolute Gasteiger partial charge is 0.392 e. The van der Waals surface area contributed by atoms with Crippen LogP contribution in [-0.2, 0) is 18.9 Å². The Morgan fingerprint density at radius 3 is 1.97 bits per heavy atom. The Morgan fingerprint density at radius 2 is 1.48 bits per heavy atom. The molecule has 12 heteroatoms. The van der Waals surface area contributed by atoms with Crippen molar-refractivity contribution in [1.82, 2.24) is 9.55 Å². The predicted molar refractivity (Wildman–Crippen MR) is 104 cm³/mol. The zero-order valence-corrected chi connectivity index (χ0v) is 16.7. The highest BCUT2D eigenvalue weighted by atomic mass is 35.5. The molecule has 0 amide bonds. The van der Waals surface area contributed by atoms with Crippen molar-refractivity contribution < 1.29 is 26.3 Å². The zero-order chi connectivity index (χ0) is 23.1. The molecule has 0 spiro atoms. The van der Waals surface area contributed by atoms with E-state index in [4.69, 9.17) is 28.9 Å². The maximum absolute atomic E-state index is 13.4. The second-order valence-electron chi connectivity index (χ2n) is 6.38. The van der Waals surface area contributed by atoms with Gasteiger partial charge >= 0.3 is 12.4 Å². The van der Waals surface area contributed by atoms with Gasteiger partial charge in [-0.2, -0.15) is 26.3 Å². The molecule has 0 aliphatic carbocycles. The molecule has 0 atom stereocenters. The number of benzene rings is 2. The maximum Gasteiger partial charge on any atom is 0.435 e. The predicted octanol–water partition coefficient (Wildman–Crippen LogP) is 5.89. The molecule has 0 aliphatic heterocycles. The van der Waals surface area contributed by atoms with Gasteiger partial charge in [0.2, 0.25) is 0 Å². The quantitative estimate of drug-likeness (QED) is 0.474. The fourth-order valence-electron chi connectivity index (χ4n) is 2.84. The van der Waals surface area contributed by atoms with E-state index in [1.54, 1.807) is 30.3 Å². The number of nitrogen functional groups attached to an aromatic ring is 1. The summed E-state index contributed by atoms with van der Waals surface area (Å²) < 4.78 is 80.1. The Morgan fingerprint density at radius 1 is 0.935 bits per heavy atom. The maximum atomic E-state index is 13.4. The molecule has 0 aliphatic rings. The summed E-state index contributed by atoms with van der Waals surface area (Å²) in [6, 6.07) is 9.07. The third-order valence-corrected chi connectivity index (χ3v) is 4.85. The molecule has 3 rings (SSSR count). The van der Waals surface area contributed by atoms with Gasteiger partial charge in [0.1, 0.15) is 11.5 Å². The summed E-state index contributed by atoms with van der Waals surface area (Å²) in [5.41, 5.74) is 0.118. The monoisotopic (exact) mass is 481 g/mol. The van der Waals surface area contributed by atoms with Gasteiger partial charge in [0.15, 0.2) is 5.69 Å². The number of nitrogens with two attached hydrogens (primary N) is 1. The lowest BCUT2D eigenvalue weighted by atomic mass is 10.1. The van der Waals surface area contributed by atoms with Crippen molar-refractivity contribution >= 4 is 28.9 Å². The van der Waals surface area contributed by atoms with Gasteiger partial charge in [-0.15, -0.1) is 0 Å². The van der Waals surface area contributed by atoms with Crippen LogP contribution in [-0.4, -0.2) is 9.55 Å². The fraction of sp³-hybridized carbons (Fsp3) is 0.158.